The van der Waals surface area contributed by atoms with Crippen LogP contribution in [0.5, 0.6) is 0 Å². The molecule has 50 valence electrons. The number of aromatic amines is 1. The molecule has 5 heteroatoms. The first-order chi connectivity index (χ1) is 4.75. The summed E-state index contributed by atoms with van der Waals surface area (Å²) in [5.41, 5.74) is 4.95. The number of nitrogens with one attached hydrogen (secondary N) is 1. The predicted molar refractivity (Wildman–Crippen MR) is 31.8 cm³/mol. The van der Waals surface area contributed by atoms with Crippen molar-refractivity contribution in [2.75, 3.05) is 0 Å². The van der Waals surface area contributed by atoms with Crippen LogP contribution >= 0.6 is 0 Å². The second kappa shape index (κ2) is 2.19. The molecule has 0 saturated carbocycles. The second-order valence-corrected chi connectivity index (χ2v) is 1.60. The first-order valence-corrected chi connectivity index (χ1v) is 2.49. The van der Waals surface area contributed by atoms with E-state index >= 15 is 0 Å². The number of nitrogens with two attached hydrogens (primary N) is 1. The molecule has 3 N–H and O–H groups in total. The standard InChI is InChI=1S/C5H4N4O/c6-1-3-4(5(7)10)9-2-8-3/h2H,(H2,7,10)(H,8,9). The Hall–Kier alpha value is -1.83. The number of carbonyl (C=O) groups excluding carboxylic acids is 1. The molecular weight excluding hydrogens is 132 g/mol. The minimum Gasteiger partial charge on any atom is -0.364 e. The van der Waals surface area contributed by atoms with Crippen LogP contribution in [0.4, 0.5) is 0 Å². The highest BCUT2D eigenvalue weighted by Crippen LogP contribution is 1.97. The molecule has 1 aromatic rings. The zero-order chi connectivity index (χ0) is 7.56. The number of nitriles is 1. The van der Waals surface area contributed by atoms with Gasteiger partial charge in [-0.25, -0.2) is 4.98 Å². The van der Waals surface area contributed by atoms with Crippen molar-refractivity contribution < 1.29 is 4.79 Å². The normalized spacial score (nSPS) is 8.70. The van der Waals surface area contributed by atoms with Gasteiger partial charge in [-0.1, -0.05) is 0 Å². The van der Waals surface area contributed by atoms with Crippen molar-refractivity contribution in [2.24, 2.45) is 5.73 Å². The smallest absolute Gasteiger partial charge is 0.270 e. The molecule has 0 aliphatic rings. The van der Waals surface area contributed by atoms with Crippen LogP contribution in [0.3, 0.4) is 0 Å². The second-order valence-electron chi connectivity index (χ2n) is 1.60. The molecule has 0 bridgehead atoms. The van der Waals surface area contributed by atoms with Crippen molar-refractivity contribution in [3.05, 3.63) is 17.7 Å². The highest BCUT2D eigenvalue weighted by atomic mass is 16.1. The van der Waals surface area contributed by atoms with Gasteiger partial charge in [-0.05, 0) is 0 Å². The number of amides is 1. The Bertz CT molecular complexity index is 295. The maximum Gasteiger partial charge on any atom is 0.270 e. The molecule has 0 spiro atoms. The van der Waals surface area contributed by atoms with Crippen LogP contribution in [0.2, 0.25) is 0 Å². The largest absolute Gasteiger partial charge is 0.364 e. The summed E-state index contributed by atoms with van der Waals surface area (Å²) >= 11 is 0. The van der Waals surface area contributed by atoms with Gasteiger partial charge < -0.3 is 10.7 Å². The van der Waals surface area contributed by atoms with Crippen molar-refractivity contribution in [2.45, 2.75) is 0 Å². The Labute approximate surface area is 56.5 Å². The topological polar surface area (TPSA) is 95.6 Å². The van der Waals surface area contributed by atoms with Crippen molar-refractivity contribution in [3.63, 3.8) is 0 Å². The van der Waals surface area contributed by atoms with E-state index in [2.05, 4.69) is 9.97 Å². The third-order valence-electron chi connectivity index (χ3n) is 0.985. The van der Waals surface area contributed by atoms with Crippen LogP contribution in [0.1, 0.15) is 16.2 Å². The first-order valence-electron chi connectivity index (χ1n) is 2.49. The van der Waals surface area contributed by atoms with Crippen molar-refractivity contribution in [3.8, 4) is 6.07 Å². The van der Waals surface area contributed by atoms with E-state index in [1.165, 1.54) is 6.33 Å². The zero-order valence-corrected chi connectivity index (χ0v) is 4.96. The molecule has 5 nitrogen and oxygen atoms in total. The monoisotopic (exact) mass is 136 g/mol. The van der Waals surface area contributed by atoms with E-state index in [-0.39, 0.29) is 11.4 Å². The van der Waals surface area contributed by atoms with Crippen LogP contribution < -0.4 is 5.73 Å². The van der Waals surface area contributed by atoms with Crippen LogP contribution in [0, 0.1) is 11.3 Å². The number of rotatable bonds is 1. The Balaban J connectivity index is 3.17. The van der Waals surface area contributed by atoms with E-state index in [1.54, 1.807) is 6.07 Å². The zero-order valence-electron chi connectivity index (χ0n) is 4.96. The van der Waals surface area contributed by atoms with Crippen molar-refractivity contribution in [1.82, 2.24) is 9.97 Å². The van der Waals surface area contributed by atoms with Gasteiger partial charge in [0, 0.05) is 0 Å². The lowest BCUT2D eigenvalue weighted by Crippen LogP contribution is -2.12. The number of carbonyl (C=O) groups is 1. The fourth-order valence-corrected chi connectivity index (χ4v) is 0.566. The molecular formula is C5H4N4O. The number of nitrogens with zero attached hydrogens (tertiary/aromatic N) is 2. The summed E-state index contributed by atoms with van der Waals surface area (Å²) in [5, 5.41) is 8.33. The molecule has 0 radical (unpaired) electrons. The van der Waals surface area contributed by atoms with Gasteiger partial charge in [-0.15, -0.1) is 0 Å². The Morgan fingerprint density at radius 1 is 1.90 bits per heavy atom. The fraction of sp³-hybridized carbons (Fsp3) is 0. The Morgan fingerprint density at radius 3 is 3.00 bits per heavy atom. The van der Waals surface area contributed by atoms with Gasteiger partial charge in [0.15, 0.2) is 5.69 Å². The Morgan fingerprint density at radius 2 is 2.60 bits per heavy atom. The van der Waals surface area contributed by atoms with E-state index in [0.717, 1.165) is 0 Å². The highest BCUT2D eigenvalue weighted by molar-refractivity contribution is 5.92. The molecule has 1 heterocycles. The predicted octanol–water partition coefficient (Wildman–Crippen LogP) is -0.620. The number of H-pyrrole nitrogens is 1. The third-order valence-corrected chi connectivity index (χ3v) is 0.985. The molecule has 1 amide bonds. The average molecular weight is 136 g/mol. The molecule has 0 aliphatic heterocycles. The molecule has 0 atom stereocenters. The highest BCUT2D eigenvalue weighted by Gasteiger charge is 2.08. The van der Waals surface area contributed by atoms with Crippen molar-refractivity contribution in [1.29, 1.82) is 5.26 Å². The third kappa shape index (κ3) is 0.821. The van der Waals surface area contributed by atoms with Crippen LogP contribution in [-0.2, 0) is 0 Å². The number of primary amides is 1. The van der Waals surface area contributed by atoms with Gasteiger partial charge in [-0.3, -0.25) is 4.79 Å². The molecule has 0 unspecified atom stereocenters. The molecule has 0 aliphatic carbocycles. The summed E-state index contributed by atoms with van der Waals surface area (Å²) in [6.45, 7) is 0. The summed E-state index contributed by atoms with van der Waals surface area (Å²) in [7, 11) is 0. The fourth-order valence-electron chi connectivity index (χ4n) is 0.566. The number of aromatic nitrogens is 2. The van der Waals surface area contributed by atoms with Gasteiger partial charge in [0.1, 0.15) is 11.8 Å². The molecule has 0 saturated heterocycles. The average Bonchev–Trinajstić information content (AvgIpc) is 2.33. The minimum atomic E-state index is -0.696. The van der Waals surface area contributed by atoms with Crippen LogP contribution in [0.15, 0.2) is 6.33 Å². The SMILES string of the molecule is N#Cc1[nH]cnc1C(N)=O. The summed E-state index contributed by atoms with van der Waals surface area (Å²) in [5.74, 6) is -0.696. The van der Waals surface area contributed by atoms with E-state index < -0.39 is 5.91 Å². The molecule has 10 heavy (non-hydrogen) atoms. The van der Waals surface area contributed by atoms with Gasteiger partial charge in [0.25, 0.3) is 5.91 Å². The summed E-state index contributed by atoms with van der Waals surface area (Å²) < 4.78 is 0. The molecule has 1 aromatic heterocycles. The summed E-state index contributed by atoms with van der Waals surface area (Å²) in [6.07, 6.45) is 1.25. The van der Waals surface area contributed by atoms with Gasteiger partial charge in [0.05, 0.1) is 6.33 Å². The lowest BCUT2D eigenvalue weighted by atomic mass is 10.3. The maximum absolute atomic E-state index is 10.4. The number of hydrogen-bond acceptors (Lipinski definition) is 3. The van der Waals surface area contributed by atoms with E-state index in [4.69, 9.17) is 11.0 Å². The van der Waals surface area contributed by atoms with Crippen LogP contribution in [-0.4, -0.2) is 15.9 Å². The summed E-state index contributed by atoms with van der Waals surface area (Å²) in [6, 6.07) is 1.74. The lowest BCUT2D eigenvalue weighted by molar-refractivity contribution is 0.0996. The quantitative estimate of drug-likeness (QED) is 0.538. The Kier molecular flexibility index (Phi) is 1.38. The van der Waals surface area contributed by atoms with Crippen molar-refractivity contribution >= 4 is 5.91 Å². The van der Waals surface area contributed by atoms with Gasteiger partial charge in [0.2, 0.25) is 0 Å². The van der Waals surface area contributed by atoms with Gasteiger partial charge in [-0.2, -0.15) is 5.26 Å². The minimum absolute atomic E-state index is 0.0116. The maximum atomic E-state index is 10.4. The van der Waals surface area contributed by atoms with E-state index in [1.807, 2.05) is 0 Å². The molecule has 1 rings (SSSR count). The molecule has 0 aromatic carbocycles. The number of hydrogen-bond donors (Lipinski definition) is 2. The first kappa shape index (κ1) is 6.29. The van der Waals surface area contributed by atoms with E-state index in [9.17, 15) is 4.79 Å². The van der Waals surface area contributed by atoms with E-state index in [0.29, 0.717) is 0 Å². The van der Waals surface area contributed by atoms with Gasteiger partial charge >= 0.3 is 0 Å². The lowest BCUT2D eigenvalue weighted by Gasteiger charge is -1.84. The number of imidazole rings is 1. The molecule has 0 fully saturated rings. The summed E-state index contributed by atoms with van der Waals surface area (Å²) in [4.78, 5) is 16.4. The van der Waals surface area contributed by atoms with Crippen LogP contribution in [0.25, 0.3) is 0 Å².